The number of aromatic nitrogens is 3. The number of benzene rings is 1. The van der Waals surface area contributed by atoms with Crippen LogP contribution in [0.5, 0.6) is 11.6 Å². The highest BCUT2D eigenvalue weighted by atomic mass is 16.6. The van der Waals surface area contributed by atoms with E-state index in [1.54, 1.807) is 25.7 Å². The van der Waals surface area contributed by atoms with Gasteiger partial charge in [0.2, 0.25) is 0 Å². The molecule has 25 heavy (non-hydrogen) atoms. The molecule has 1 amide bonds. The number of methoxy groups -OCH3 is 1. The van der Waals surface area contributed by atoms with Crippen LogP contribution in [-0.2, 0) is 6.54 Å². The monoisotopic (exact) mass is 342 g/mol. The summed E-state index contributed by atoms with van der Waals surface area (Å²) in [5, 5.41) is 6.41. The summed E-state index contributed by atoms with van der Waals surface area (Å²) in [5.74, 6) is 1.20. The van der Waals surface area contributed by atoms with E-state index in [0.29, 0.717) is 18.1 Å². The number of para-hydroxylation sites is 1. The number of amides is 1. The van der Waals surface area contributed by atoms with E-state index in [4.69, 9.17) is 14.0 Å². The van der Waals surface area contributed by atoms with Crippen molar-refractivity contribution in [1.82, 2.24) is 20.0 Å². The summed E-state index contributed by atoms with van der Waals surface area (Å²) in [6.45, 7) is 1.25. The fourth-order valence-corrected chi connectivity index (χ4v) is 2.28. The van der Waals surface area contributed by atoms with E-state index in [2.05, 4.69) is 15.5 Å². The van der Waals surface area contributed by atoms with Crippen molar-refractivity contribution >= 4 is 6.09 Å². The van der Waals surface area contributed by atoms with Gasteiger partial charge < -0.3 is 23.9 Å². The van der Waals surface area contributed by atoms with Crippen molar-refractivity contribution in [2.75, 3.05) is 13.7 Å². The maximum Gasteiger partial charge on any atom is 0.414 e. The lowest BCUT2D eigenvalue weighted by atomic mass is 10.1. The van der Waals surface area contributed by atoms with Crippen LogP contribution >= 0.6 is 0 Å². The number of carbonyl (C=O) groups is 1. The standard InChI is InChI=1S/C17H18N4O4/c1-23-14-6-3-2-5-13(14)15-11-16(20-25-15)24-17(22)19-7-4-9-21-10-8-18-12-21/h2-3,5-6,8,10-12H,4,7,9H2,1H3,(H,19,22). The fraction of sp³-hybridized carbons (Fsp3) is 0.235. The molecule has 0 atom stereocenters. The van der Waals surface area contributed by atoms with Gasteiger partial charge in [-0.2, -0.15) is 0 Å². The summed E-state index contributed by atoms with van der Waals surface area (Å²) in [7, 11) is 1.57. The molecule has 0 radical (unpaired) electrons. The number of rotatable bonds is 7. The van der Waals surface area contributed by atoms with E-state index in [0.717, 1.165) is 18.5 Å². The van der Waals surface area contributed by atoms with Crippen molar-refractivity contribution in [3.63, 3.8) is 0 Å². The van der Waals surface area contributed by atoms with Gasteiger partial charge in [-0.15, -0.1) is 0 Å². The number of aryl methyl sites for hydroxylation is 1. The smallest absolute Gasteiger partial charge is 0.414 e. The van der Waals surface area contributed by atoms with Crippen molar-refractivity contribution < 1.29 is 18.8 Å². The van der Waals surface area contributed by atoms with Crippen LogP contribution in [0.4, 0.5) is 4.79 Å². The molecule has 0 fully saturated rings. The van der Waals surface area contributed by atoms with Crippen molar-refractivity contribution in [1.29, 1.82) is 0 Å². The molecule has 0 spiro atoms. The fourth-order valence-electron chi connectivity index (χ4n) is 2.28. The van der Waals surface area contributed by atoms with Gasteiger partial charge in [-0.05, 0) is 23.7 Å². The number of nitrogens with zero attached hydrogens (tertiary/aromatic N) is 3. The van der Waals surface area contributed by atoms with Crippen molar-refractivity contribution in [2.45, 2.75) is 13.0 Å². The van der Waals surface area contributed by atoms with Crippen LogP contribution in [0.1, 0.15) is 6.42 Å². The van der Waals surface area contributed by atoms with Gasteiger partial charge in [0.15, 0.2) is 5.76 Å². The predicted octanol–water partition coefficient (Wildman–Crippen LogP) is 2.73. The van der Waals surface area contributed by atoms with Crippen LogP contribution in [0.3, 0.4) is 0 Å². The normalized spacial score (nSPS) is 10.4. The van der Waals surface area contributed by atoms with Crippen molar-refractivity contribution in [2.24, 2.45) is 0 Å². The van der Waals surface area contributed by atoms with Gasteiger partial charge in [-0.3, -0.25) is 0 Å². The molecular formula is C17H18N4O4. The Balaban J connectivity index is 1.50. The van der Waals surface area contributed by atoms with Crippen LogP contribution in [-0.4, -0.2) is 34.5 Å². The average molecular weight is 342 g/mol. The van der Waals surface area contributed by atoms with Gasteiger partial charge in [-0.25, -0.2) is 9.78 Å². The van der Waals surface area contributed by atoms with Crippen molar-refractivity contribution in [3.8, 4) is 23.0 Å². The summed E-state index contributed by atoms with van der Waals surface area (Å²) >= 11 is 0. The third-order valence-corrected chi connectivity index (χ3v) is 3.48. The highest BCUT2D eigenvalue weighted by Crippen LogP contribution is 2.31. The molecule has 0 bridgehead atoms. The van der Waals surface area contributed by atoms with Gasteiger partial charge in [0.1, 0.15) is 5.75 Å². The summed E-state index contributed by atoms with van der Waals surface area (Å²) in [5.41, 5.74) is 0.730. The first kappa shape index (κ1) is 16.6. The molecule has 1 N–H and O–H groups in total. The quantitative estimate of drug-likeness (QED) is 0.664. The van der Waals surface area contributed by atoms with Crippen LogP contribution in [0.15, 0.2) is 53.6 Å². The molecule has 3 rings (SSSR count). The molecule has 2 heterocycles. The Bertz CT molecular complexity index is 814. The third-order valence-electron chi connectivity index (χ3n) is 3.48. The van der Waals surface area contributed by atoms with Gasteiger partial charge in [0.05, 0.1) is 25.1 Å². The summed E-state index contributed by atoms with van der Waals surface area (Å²) in [6.07, 6.45) is 5.49. The van der Waals surface area contributed by atoms with Crippen LogP contribution in [0, 0.1) is 0 Å². The molecule has 130 valence electrons. The molecule has 3 aromatic rings. The van der Waals surface area contributed by atoms with Gasteiger partial charge in [0.25, 0.3) is 5.88 Å². The van der Waals surface area contributed by atoms with Crippen LogP contribution < -0.4 is 14.8 Å². The lowest BCUT2D eigenvalue weighted by molar-refractivity contribution is 0.195. The Labute approximate surface area is 144 Å². The number of hydrogen-bond donors (Lipinski definition) is 1. The molecule has 8 heteroatoms. The molecular weight excluding hydrogens is 324 g/mol. The molecule has 8 nitrogen and oxygen atoms in total. The molecule has 0 saturated carbocycles. The summed E-state index contributed by atoms with van der Waals surface area (Å²) in [4.78, 5) is 15.7. The third kappa shape index (κ3) is 4.37. The zero-order valence-electron chi connectivity index (χ0n) is 13.7. The van der Waals surface area contributed by atoms with E-state index in [1.807, 2.05) is 35.0 Å². The lowest BCUT2D eigenvalue weighted by Crippen LogP contribution is -2.28. The maximum absolute atomic E-state index is 11.8. The molecule has 0 aliphatic rings. The highest BCUT2D eigenvalue weighted by Gasteiger charge is 2.14. The SMILES string of the molecule is COc1ccccc1-c1cc(OC(=O)NCCCn2ccnc2)no1. The van der Waals surface area contributed by atoms with E-state index >= 15 is 0 Å². The largest absolute Gasteiger partial charge is 0.496 e. The second-order valence-electron chi connectivity index (χ2n) is 5.20. The van der Waals surface area contributed by atoms with Crippen LogP contribution in [0.2, 0.25) is 0 Å². The Kier molecular flexibility index (Phi) is 5.30. The Morgan fingerprint density at radius 3 is 3.04 bits per heavy atom. The summed E-state index contributed by atoms with van der Waals surface area (Å²) in [6, 6.07) is 8.90. The van der Waals surface area contributed by atoms with Crippen LogP contribution in [0.25, 0.3) is 11.3 Å². The second kappa shape index (κ2) is 8.00. The van der Waals surface area contributed by atoms with E-state index in [-0.39, 0.29) is 5.88 Å². The van der Waals surface area contributed by atoms with Gasteiger partial charge in [-0.1, -0.05) is 12.1 Å². The van der Waals surface area contributed by atoms with Gasteiger partial charge >= 0.3 is 6.09 Å². The minimum atomic E-state index is -0.578. The van der Waals surface area contributed by atoms with Gasteiger partial charge in [0, 0.05) is 25.5 Å². The number of carbonyl (C=O) groups excluding carboxylic acids is 1. The number of hydrogen-bond acceptors (Lipinski definition) is 6. The minimum absolute atomic E-state index is 0.0908. The number of nitrogens with one attached hydrogen (secondary N) is 1. The molecule has 1 aromatic carbocycles. The molecule has 0 aliphatic heterocycles. The first-order valence-electron chi connectivity index (χ1n) is 7.78. The second-order valence-corrected chi connectivity index (χ2v) is 5.20. The molecule has 2 aromatic heterocycles. The van der Waals surface area contributed by atoms with E-state index < -0.39 is 6.09 Å². The molecule has 0 saturated heterocycles. The zero-order valence-corrected chi connectivity index (χ0v) is 13.7. The Morgan fingerprint density at radius 2 is 2.24 bits per heavy atom. The van der Waals surface area contributed by atoms with E-state index in [1.165, 1.54) is 0 Å². The Hall–Kier alpha value is -3.29. The minimum Gasteiger partial charge on any atom is -0.496 e. The first-order chi connectivity index (χ1) is 12.3. The zero-order chi connectivity index (χ0) is 17.5. The maximum atomic E-state index is 11.8. The van der Waals surface area contributed by atoms with Crippen molar-refractivity contribution in [3.05, 3.63) is 49.1 Å². The van der Waals surface area contributed by atoms with E-state index in [9.17, 15) is 4.79 Å². The average Bonchev–Trinajstić information content (AvgIpc) is 3.30. The number of imidazole rings is 1. The predicted molar refractivity (Wildman–Crippen MR) is 89.4 cm³/mol. The lowest BCUT2D eigenvalue weighted by Gasteiger charge is -2.04. The Morgan fingerprint density at radius 1 is 1.36 bits per heavy atom. The summed E-state index contributed by atoms with van der Waals surface area (Å²) < 4.78 is 17.5. The highest BCUT2D eigenvalue weighted by molar-refractivity contribution is 5.71. The topological polar surface area (TPSA) is 91.4 Å². The molecule has 0 aliphatic carbocycles. The number of ether oxygens (including phenoxy) is 2. The first-order valence-corrected chi connectivity index (χ1v) is 7.78. The molecule has 0 unspecified atom stereocenters.